The van der Waals surface area contributed by atoms with Gasteiger partial charge in [-0.15, -0.1) is 12.3 Å². The lowest BCUT2D eigenvalue weighted by Gasteiger charge is -2.09. The molecule has 0 aliphatic heterocycles. The standard InChI is InChI=1S/C15H14N2O/c1-3-4-9-7-12(16)14-11-8-10(18)5-6-13(11)17(2)15(9)14/h1,5-6,8-9,16,18H,4,7H2,2H3. The number of rotatable bonds is 1. The minimum absolute atomic E-state index is 0.233. The van der Waals surface area contributed by atoms with E-state index in [9.17, 15) is 5.11 Å². The quantitative estimate of drug-likeness (QED) is 0.737. The smallest absolute Gasteiger partial charge is 0.116 e. The molecule has 0 fully saturated rings. The predicted molar refractivity (Wildman–Crippen MR) is 72.2 cm³/mol. The van der Waals surface area contributed by atoms with Crippen LogP contribution in [0.15, 0.2) is 18.2 Å². The van der Waals surface area contributed by atoms with Crippen LogP contribution in [0.4, 0.5) is 0 Å². The first kappa shape index (κ1) is 10.9. The van der Waals surface area contributed by atoms with Crippen molar-refractivity contribution in [3.05, 3.63) is 29.5 Å². The minimum atomic E-state index is 0.233. The molecule has 1 aliphatic carbocycles. The van der Waals surface area contributed by atoms with Crippen LogP contribution in [0.25, 0.3) is 10.9 Å². The van der Waals surface area contributed by atoms with Crippen molar-refractivity contribution in [2.75, 3.05) is 0 Å². The molecule has 0 amide bonds. The summed E-state index contributed by atoms with van der Waals surface area (Å²) in [6, 6.07) is 5.31. The van der Waals surface area contributed by atoms with Crippen LogP contribution in [0.2, 0.25) is 0 Å². The van der Waals surface area contributed by atoms with Crippen LogP contribution >= 0.6 is 0 Å². The zero-order valence-electron chi connectivity index (χ0n) is 10.2. The van der Waals surface area contributed by atoms with Crippen molar-refractivity contribution >= 4 is 16.6 Å². The van der Waals surface area contributed by atoms with E-state index in [1.54, 1.807) is 12.1 Å². The molecule has 1 aliphatic rings. The highest BCUT2D eigenvalue weighted by atomic mass is 16.3. The maximum absolute atomic E-state index is 9.61. The van der Waals surface area contributed by atoms with Crippen LogP contribution in [0, 0.1) is 17.8 Å². The highest BCUT2D eigenvalue weighted by Gasteiger charge is 2.32. The Morgan fingerprint density at radius 1 is 1.56 bits per heavy atom. The number of nitrogens with one attached hydrogen (secondary N) is 1. The molecule has 2 N–H and O–H groups in total. The Morgan fingerprint density at radius 2 is 2.33 bits per heavy atom. The minimum Gasteiger partial charge on any atom is -0.508 e. The van der Waals surface area contributed by atoms with Gasteiger partial charge in [-0.2, -0.15) is 0 Å². The summed E-state index contributed by atoms with van der Waals surface area (Å²) in [6.45, 7) is 0. The molecule has 0 bridgehead atoms. The lowest BCUT2D eigenvalue weighted by Crippen LogP contribution is -2.01. The van der Waals surface area contributed by atoms with E-state index in [0.29, 0.717) is 18.6 Å². The molecular formula is C15H14N2O. The molecule has 3 rings (SSSR count). The third-order valence-corrected chi connectivity index (χ3v) is 3.73. The Hall–Kier alpha value is -2.21. The van der Waals surface area contributed by atoms with Crippen LogP contribution in [-0.4, -0.2) is 15.4 Å². The van der Waals surface area contributed by atoms with Crippen LogP contribution in [-0.2, 0) is 7.05 Å². The molecule has 18 heavy (non-hydrogen) atoms. The molecule has 3 nitrogen and oxygen atoms in total. The zero-order valence-corrected chi connectivity index (χ0v) is 10.2. The van der Waals surface area contributed by atoms with Crippen molar-refractivity contribution in [1.82, 2.24) is 4.57 Å². The molecule has 1 aromatic heterocycles. The molecule has 0 saturated carbocycles. The van der Waals surface area contributed by atoms with Gasteiger partial charge < -0.3 is 15.1 Å². The van der Waals surface area contributed by atoms with Crippen molar-refractivity contribution < 1.29 is 5.11 Å². The van der Waals surface area contributed by atoms with Crippen molar-refractivity contribution in [3.8, 4) is 18.1 Å². The molecule has 3 heteroatoms. The van der Waals surface area contributed by atoms with E-state index < -0.39 is 0 Å². The van der Waals surface area contributed by atoms with Gasteiger partial charge in [-0.05, 0) is 24.6 Å². The van der Waals surface area contributed by atoms with Crippen LogP contribution < -0.4 is 0 Å². The van der Waals surface area contributed by atoms with E-state index >= 15 is 0 Å². The van der Waals surface area contributed by atoms with Gasteiger partial charge in [0, 0.05) is 47.3 Å². The van der Waals surface area contributed by atoms with Gasteiger partial charge in [-0.1, -0.05) is 0 Å². The number of terminal acetylenes is 1. The zero-order chi connectivity index (χ0) is 12.9. The third kappa shape index (κ3) is 1.29. The average Bonchev–Trinajstić information content (AvgIpc) is 2.79. The van der Waals surface area contributed by atoms with E-state index in [1.165, 1.54) is 0 Å². The summed E-state index contributed by atoms with van der Waals surface area (Å²) in [6.07, 6.45) is 6.77. The van der Waals surface area contributed by atoms with E-state index in [2.05, 4.69) is 10.5 Å². The molecule has 1 aromatic carbocycles. The number of hydrogen-bond donors (Lipinski definition) is 2. The second-order valence-corrected chi connectivity index (χ2v) is 4.81. The number of phenolic OH excluding ortho intramolecular Hbond substituents is 1. The number of nitrogens with zero attached hydrogens (tertiary/aromatic N) is 1. The molecule has 90 valence electrons. The maximum atomic E-state index is 9.61. The van der Waals surface area contributed by atoms with E-state index in [0.717, 1.165) is 22.2 Å². The molecule has 0 spiro atoms. The molecule has 1 heterocycles. The monoisotopic (exact) mass is 238 g/mol. The third-order valence-electron chi connectivity index (χ3n) is 3.73. The van der Waals surface area contributed by atoms with Gasteiger partial charge >= 0.3 is 0 Å². The second kappa shape index (κ2) is 3.64. The molecule has 1 atom stereocenters. The van der Waals surface area contributed by atoms with Gasteiger partial charge in [-0.3, -0.25) is 0 Å². The number of aryl methyl sites for hydroxylation is 1. The lowest BCUT2D eigenvalue weighted by atomic mass is 10.0. The first-order valence-corrected chi connectivity index (χ1v) is 5.96. The Balaban J connectivity index is 2.34. The van der Waals surface area contributed by atoms with E-state index in [1.807, 2.05) is 13.1 Å². The van der Waals surface area contributed by atoms with Gasteiger partial charge in [0.25, 0.3) is 0 Å². The average molecular weight is 238 g/mol. The Morgan fingerprint density at radius 3 is 3.06 bits per heavy atom. The number of phenols is 1. The van der Waals surface area contributed by atoms with Crippen LogP contribution in [0.3, 0.4) is 0 Å². The fourth-order valence-corrected chi connectivity index (χ4v) is 3.00. The first-order chi connectivity index (χ1) is 8.63. The highest BCUT2D eigenvalue weighted by Crippen LogP contribution is 2.41. The summed E-state index contributed by atoms with van der Waals surface area (Å²) >= 11 is 0. The number of aromatic hydroxyl groups is 1. The van der Waals surface area contributed by atoms with E-state index in [4.69, 9.17) is 11.8 Å². The van der Waals surface area contributed by atoms with Crippen molar-refractivity contribution in [2.45, 2.75) is 18.8 Å². The van der Waals surface area contributed by atoms with Crippen molar-refractivity contribution in [3.63, 3.8) is 0 Å². The summed E-state index contributed by atoms with van der Waals surface area (Å²) in [5.41, 5.74) is 3.77. The molecular weight excluding hydrogens is 224 g/mol. The van der Waals surface area contributed by atoms with Gasteiger partial charge in [0.15, 0.2) is 0 Å². The van der Waals surface area contributed by atoms with E-state index in [-0.39, 0.29) is 11.7 Å². The summed E-state index contributed by atoms with van der Waals surface area (Å²) in [5.74, 6) is 3.17. The summed E-state index contributed by atoms with van der Waals surface area (Å²) < 4.78 is 2.10. The number of fused-ring (bicyclic) bond motifs is 3. The second-order valence-electron chi connectivity index (χ2n) is 4.81. The predicted octanol–water partition coefficient (Wildman–Crippen LogP) is 2.76. The van der Waals surface area contributed by atoms with Gasteiger partial charge in [-0.25, -0.2) is 0 Å². The Bertz CT molecular complexity index is 703. The van der Waals surface area contributed by atoms with Crippen molar-refractivity contribution in [2.24, 2.45) is 7.05 Å². The van der Waals surface area contributed by atoms with Crippen molar-refractivity contribution in [1.29, 1.82) is 5.41 Å². The normalized spacial score (nSPS) is 18.0. The SMILES string of the molecule is C#CCC1CC(=N)c2c1n(C)c1ccc(O)cc21. The lowest BCUT2D eigenvalue weighted by molar-refractivity contribution is 0.476. The highest BCUT2D eigenvalue weighted by molar-refractivity contribution is 6.13. The molecule has 0 saturated heterocycles. The molecule has 1 unspecified atom stereocenters. The summed E-state index contributed by atoms with van der Waals surface area (Å²) in [7, 11) is 2.00. The van der Waals surface area contributed by atoms with Crippen LogP contribution in [0.5, 0.6) is 5.75 Å². The number of hydrogen-bond acceptors (Lipinski definition) is 2. The number of benzene rings is 1. The van der Waals surface area contributed by atoms with Gasteiger partial charge in [0.05, 0.1) is 0 Å². The fourth-order valence-electron chi connectivity index (χ4n) is 3.00. The molecule has 2 aromatic rings. The first-order valence-electron chi connectivity index (χ1n) is 5.96. The summed E-state index contributed by atoms with van der Waals surface area (Å²) in [5, 5.41) is 18.7. The number of aromatic nitrogens is 1. The maximum Gasteiger partial charge on any atom is 0.116 e. The molecule has 0 radical (unpaired) electrons. The van der Waals surface area contributed by atoms with Gasteiger partial charge in [0.1, 0.15) is 5.75 Å². The largest absolute Gasteiger partial charge is 0.508 e. The van der Waals surface area contributed by atoms with Gasteiger partial charge in [0.2, 0.25) is 0 Å². The Labute approximate surface area is 106 Å². The van der Waals surface area contributed by atoms with Crippen LogP contribution in [0.1, 0.15) is 30.0 Å². The summed E-state index contributed by atoms with van der Waals surface area (Å²) in [4.78, 5) is 0. The fraction of sp³-hybridized carbons (Fsp3) is 0.267. The Kier molecular flexibility index (Phi) is 2.21. The topological polar surface area (TPSA) is 49.0 Å².